The Kier molecular flexibility index (Phi) is 5.35. The SMILES string of the molecule is CCN(Cc1cccc(F)c1)C(=O)CCN1C(=O)c2ccc(C)cc2C1=O. The first-order valence-corrected chi connectivity index (χ1v) is 8.89. The molecule has 1 heterocycles. The number of imide groups is 1. The predicted molar refractivity (Wildman–Crippen MR) is 98.7 cm³/mol. The second-order valence-electron chi connectivity index (χ2n) is 6.60. The lowest BCUT2D eigenvalue weighted by atomic mass is 10.1. The Labute approximate surface area is 157 Å². The van der Waals surface area contributed by atoms with Crippen LogP contribution in [-0.4, -0.2) is 40.6 Å². The molecule has 6 heteroatoms. The first-order chi connectivity index (χ1) is 12.9. The number of carbonyl (C=O) groups excluding carboxylic acids is 3. The summed E-state index contributed by atoms with van der Waals surface area (Å²) in [4.78, 5) is 40.2. The van der Waals surface area contributed by atoms with Crippen molar-refractivity contribution in [2.24, 2.45) is 0 Å². The monoisotopic (exact) mass is 368 g/mol. The fourth-order valence-electron chi connectivity index (χ4n) is 3.21. The second kappa shape index (κ2) is 7.70. The summed E-state index contributed by atoms with van der Waals surface area (Å²) >= 11 is 0. The van der Waals surface area contributed by atoms with E-state index in [1.807, 2.05) is 13.8 Å². The van der Waals surface area contributed by atoms with Crippen LogP contribution >= 0.6 is 0 Å². The molecular formula is C21H21FN2O3. The number of hydrogen-bond donors (Lipinski definition) is 0. The Bertz CT molecular complexity index is 910. The van der Waals surface area contributed by atoms with Crippen LogP contribution in [0.15, 0.2) is 42.5 Å². The van der Waals surface area contributed by atoms with Gasteiger partial charge in [-0.3, -0.25) is 19.3 Å². The molecule has 0 N–H and O–H groups in total. The number of amides is 3. The maximum atomic E-state index is 13.3. The number of carbonyl (C=O) groups is 3. The highest BCUT2D eigenvalue weighted by atomic mass is 19.1. The fraction of sp³-hybridized carbons (Fsp3) is 0.286. The van der Waals surface area contributed by atoms with Gasteiger partial charge in [0.1, 0.15) is 5.82 Å². The highest BCUT2D eigenvalue weighted by Gasteiger charge is 2.35. The van der Waals surface area contributed by atoms with E-state index in [9.17, 15) is 18.8 Å². The Balaban J connectivity index is 1.64. The van der Waals surface area contributed by atoms with E-state index in [1.54, 1.807) is 35.2 Å². The molecular weight excluding hydrogens is 347 g/mol. The lowest BCUT2D eigenvalue weighted by Crippen LogP contribution is -2.36. The predicted octanol–water partition coefficient (Wildman–Crippen LogP) is 3.17. The van der Waals surface area contributed by atoms with Gasteiger partial charge in [0.2, 0.25) is 5.91 Å². The van der Waals surface area contributed by atoms with E-state index >= 15 is 0 Å². The standard InChI is InChI=1S/C21H21FN2O3/c1-3-23(13-15-5-4-6-16(22)12-15)19(25)9-10-24-20(26)17-8-7-14(2)11-18(17)21(24)27/h4-8,11-12H,3,9-10,13H2,1-2H3. The van der Waals surface area contributed by atoms with Gasteiger partial charge in [-0.05, 0) is 43.7 Å². The molecule has 0 saturated heterocycles. The highest BCUT2D eigenvalue weighted by Crippen LogP contribution is 2.24. The molecule has 0 saturated carbocycles. The minimum atomic E-state index is -0.365. The van der Waals surface area contributed by atoms with Crippen LogP contribution in [0.25, 0.3) is 0 Å². The summed E-state index contributed by atoms with van der Waals surface area (Å²) in [5, 5.41) is 0. The van der Waals surface area contributed by atoms with Crippen molar-refractivity contribution in [1.29, 1.82) is 0 Å². The molecule has 3 rings (SSSR count). The number of aryl methyl sites for hydroxylation is 1. The third kappa shape index (κ3) is 3.89. The van der Waals surface area contributed by atoms with E-state index in [-0.39, 0.29) is 43.0 Å². The van der Waals surface area contributed by atoms with E-state index in [0.717, 1.165) is 10.5 Å². The van der Waals surface area contributed by atoms with Crippen molar-refractivity contribution in [3.05, 3.63) is 70.5 Å². The van der Waals surface area contributed by atoms with Crippen molar-refractivity contribution in [3.8, 4) is 0 Å². The lowest BCUT2D eigenvalue weighted by molar-refractivity contribution is -0.131. The maximum Gasteiger partial charge on any atom is 0.261 e. The Hall–Kier alpha value is -3.02. The molecule has 0 unspecified atom stereocenters. The van der Waals surface area contributed by atoms with E-state index < -0.39 is 0 Å². The average Bonchev–Trinajstić information content (AvgIpc) is 2.87. The van der Waals surface area contributed by atoms with Crippen LogP contribution in [0.3, 0.4) is 0 Å². The first kappa shape index (κ1) is 18.8. The highest BCUT2D eigenvalue weighted by molar-refractivity contribution is 6.21. The van der Waals surface area contributed by atoms with Crippen LogP contribution < -0.4 is 0 Å². The van der Waals surface area contributed by atoms with Gasteiger partial charge in [0.15, 0.2) is 0 Å². The molecule has 0 radical (unpaired) electrons. The van der Waals surface area contributed by atoms with Gasteiger partial charge in [-0.1, -0.05) is 23.8 Å². The van der Waals surface area contributed by atoms with E-state index in [1.165, 1.54) is 12.1 Å². The minimum absolute atomic E-state index is 0.0316. The number of benzene rings is 2. The molecule has 5 nitrogen and oxygen atoms in total. The zero-order valence-corrected chi connectivity index (χ0v) is 15.4. The third-order valence-corrected chi connectivity index (χ3v) is 4.67. The van der Waals surface area contributed by atoms with Crippen LogP contribution in [0.2, 0.25) is 0 Å². The van der Waals surface area contributed by atoms with Crippen molar-refractivity contribution in [2.45, 2.75) is 26.8 Å². The third-order valence-electron chi connectivity index (χ3n) is 4.67. The summed E-state index contributed by atoms with van der Waals surface area (Å²) in [6.07, 6.45) is 0.0353. The van der Waals surface area contributed by atoms with Crippen molar-refractivity contribution in [3.63, 3.8) is 0 Å². The molecule has 2 aromatic carbocycles. The molecule has 3 amide bonds. The molecule has 0 fully saturated rings. The van der Waals surface area contributed by atoms with Crippen molar-refractivity contribution in [1.82, 2.24) is 9.80 Å². The minimum Gasteiger partial charge on any atom is -0.339 e. The quantitative estimate of drug-likeness (QED) is 0.736. The maximum absolute atomic E-state index is 13.3. The van der Waals surface area contributed by atoms with Crippen LogP contribution in [0.1, 0.15) is 45.2 Å². The molecule has 0 bridgehead atoms. The molecule has 2 aromatic rings. The summed E-state index contributed by atoms with van der Waals surface area (Å²) in [5.41, 5.74) is 2.37. The Morgan fingerprint density at radius 2 is 1.81 bits per heavy atom. The van der Waals surface area contributed by atoms with Crippen LogP contribution in [0, 0.1) is 12.7 Å². The summed E-state index contributed by atoms with van der Waals surface area (Å²) in [5.74, 6) is -1.26. The van der Waals surface area contributed by atoms with E-state index in [2.05, 4.69) is 0 Å². The van der Waals surface area contributed by atoms with Gasteiger partial charge in [0.25, 0.3) is 11.8 Å². The lowest BCUT2D eigenvalue weighted by Gasteiger charge is -2.22. The van der Waals surface area contributed by atoms with Gasteiger partial charge in [-0.15, -0.1) is 0 Å². The van der Waals surface area contributed by atoms with Gasteiger partial charge in [0.05, 0.1) is 11.1 Å². The topological polar surface area (TPSA) is 57.7 Å². The molecule has 27 heavy (non-hydrogen) atoms. The largest absolute Gasteiger partial charge is 0.339 e. The van der Waals surface area contributed by atoms with E-state index in [0.29, 0.717) is 23.2 Å². The molecule has 0 aromatic heterocycles. The number of halogens is 1. The van der Waals surface area contributed by atoms with Gasteiger partial charge in [-0.25, -0.2) is 4.39 Å². The summed E-state index contributed by atoms with van der Waals surface area (Å²) in [7, 11) is 0. The summed E-state index contributed by atoms with van der Waals surface area (Å²) in [6, 6.07) is 11.2. The van der Waals surface area contributed by atoms with Crippen LogP contribution in [-0.2, 0) is 11.3 Å². The summed E-state index contributed by atoms with van der Waals surface area (Å²) in [6.45, 7) is 4.46. The number of nitrogens with zero attached hydrogens (tertiary/aromatic N) is 2. The zero-order chi connectivity index (χ0) is 19.6. The average molecular weight is 368 g/mol. The van der Waals surface area contributed by atoms with Gasteiger partial charge < -0.3 is 4.90 Å². The summed E-state index contributed by atoms with van der Waals surface area (Å²) < 4.78 is 13.3. The zero-order valence-electron chi connectivity index (χ0n) is 15.4. The number of rotatable bonds is 6. The second-order valence-corrected chi connectivity index (χ2v) is 6.60. The van der Waals surface area contributed by atoms with Gasteiger partial charge >= 0.3 is 0 Å². The molecule has 0 spiro atoms. The van der Waals surface area contributed by atoms with Gasteiger partial charge in [0, 0.05) is 26.1 Å². The first-order valence-electron chi connectivity index (χ1n) is 8.89. The number of hydrogen-bond acceptors (Lipinski definition) is 3. The molecule has 140 valence electrons. The van der Waals surface area contributed by atoms with Gasteiger partial charge in [-0.2, -0.15) is 0 Å². The smallest absolute Gasteiger partial charge is 0.261 e. The van der Waals surface area contributed by atoms with E-state index in [4.69, 9.17) is 0 Å². The molecule has 0 atom stereocenters. The molecule has 0 aliphatic carbocycles. The Morgan fingerprint density at radius 1 is 1.07 bits per heavy atom. The van der Waals surface area contributed by atoms with Crippen LogP contribution in [0.5, 0.6) is 0 Å². The van der Waals surface area contributed by atoms with Crippen LogP contribution in [0.4, 0.5) is 4.39 Å². The van der Waals surface area contributed by atoms with Crippen molar-refractivity contribution in [2.75, 3.05) is 13.1 Å². The van der Waals surface area contributed by atoms with Crippen molar-refractivity contribution < 1.29 is 18.8 Å². The molecule has 1 aliphatic rings. The molecule has 1 aliphatic heterocycles. The van der Waals surface area contributed by atoms with Crippen molar-refractivity contribution >= 4 is 17.7 Å². The fourth-order valence-corrected chi connectivity index (χ4v) is 3.21. The number of fused-ring (bicyclic) bond motifs is 1. The normalized spacial score (nSPS) is 13.1. The Morgan fingerprint density at radius 3 is 2.52 bits per heavy atom.